The van der Waals surface area contributed by atoms with Crippen molar-refractivity contribution in [3.8, 4) is 0 Å². The Bertz CT molecular complexity index is 472. The first-order valence-corrected chi connectivity index (χ1v) is 5.88. The molecule has 6 heteroatoms. The number of esters is 1. The van der Waals surface area contributed by atoms with Gasteiger partial charge in [0.25, 0.3) is 0 Å². The van der Waals surface area contributed by atoms with E-state index in [1.54, 1.807) is 32.3 Å². The number of benzene rings is 1. The summed E-state index contributed by atoms with van der Waals surface area (Å²) in [5, 5.41) is 3.04. The molecule has 0 saturated carbocycles. The summed E-state index contributed by atoms with van der Waals surface area (Å²) in [6, 6.07) is 5.05. The zero-order valence-electron chi connectivity index (χ0n) is 11.4. The molecule has 0 aliphatic carbocycles. The van der Waals surface area contributed by atoms with E-state index in [4.69, 9.17) is 5.73 Å². The summed E-state index contributed by atoms with van der Waals surface area (Å²) in [6.07, 6.45) is 0.356. The largest absolute Gasteiger partial charge is 0.465 e. The molecule has 1 aromatic rings. The second kappa shape index (κ2) is 6.63. The number of nitrogens with one attached hydrogen (secondary N) is 1. The maximum Gasteiger partial charge on any atom is 0.340 e. The second-order valence-corrected chi connectivity index (χ2v) is 4.22. The maximum absolute atomic E-state index is 11.5. The number of hydrogen-bond acceptors (Lipinski definition) is 5. The van der Waals surface area contributed by atoms with E-state index in [9.17, 15) is 9.59 Å². The molecule has 0 radical (unpaired) electrons. The van der Waals surface area contributed by atoms with Crippen molar-refractivity contribution in [2.45, 2.75) is 6.42 Å². The predicted octanol–water partition coefficient (Wildman–Crippen LogP) is 0.946. The number of nitrogen functional groups attached to an aromatic ring is 1. The highest BCUT2D eigenvalue weighted by Crippen LogP contribution is 2.23. The van der Waals surface area contributed by atoms with E-state index < -0.39 is 5.97 Å². The molecule has 104 valence electrons. The maximum atomic E-state index is 11.5. The number of nitrogens with zero attached hydrogens (tertiary/aromatic N) is 1. The van der Waals surface area contributed by atoms with Gasteiger partial charge in [-0.25, -0.2) is 4.79 Å². The fourth-order valence-corrected chi connectivity index (χ4v) is 1.54. The van der Waals surface area contributed by atoms with Crippen LogP contribution in [0.5, 0.6) is 0 Å². The SMILES string of the molecule is COC(=O)c1cccc(NCCC(=O)N(C)C)c1N. The first-order valence-electron chi connectivity index (χ1n) is 5.88. The summed E-state index contributed by atoms with van der Waals surface area (Å²) in [5.74, 6) is -0.458. The van der Waals surface area contributed by atoms with Crippen LogP contribution in [-0.4, -0.2) is 44.5 Å². The number of amides is 1. The van der Waals surface area contributed by atoms with Gasteiger partial charge in [0.05, 0.1) is 24.0 Å². The number of methoxy groups -OCH3 is 1. The van der Waals surface area contributed by atoms with Crippen LogP contribution in [0.25, 0.3) is 0 Å². The number of anilines is 2. The highest BCUT2D eigenvalue weighted by atomic mass is 16.5. The van der Waals surface area contributed by atoms with E-state index in [1.807, 2.05) is 0 Å². The third-order valence-electron chi connectivity index (χ3n) is 2.66. The van der Waals surface area contributed by atoms with Crippen molar-refractivity contribution in [1.82, 2.24) is 4.90 Å². The zero-order chi connectivity index (χ0) is 14.4. The molecule has 0 aliphatic heterocycles. The lowest BCUT2D eigenvalue weighted by molar-refractivity contribution is -0.128. The van der Waals surface area contributed by atoms with Crippen molar-refractivity contribution >= 4 is 23.3 Å². The molecule has 19 heavy (non-hydrogen) atoms. The molecule has 0 spiro atoms. The number of hydrogen-bond donors (Lipinski definition) is 2. The topological polar surface area (TPSA) is 84.7 Å². The Morgan fingerprint density at radius 2 is 2.05 bits per heavy atom. The second-order valence-electron chi connectivity index (χ2n) is 4.22. The quantitative estimate of drug-likeness (QED) is 0.611. The van der Waals surface area contributed by atoms with Gasteiger partial charge in [0.1, 0.15) is 0 Å². The van der Waals surface area contributed by atoms with Crippen molar-refractivity contribution in [3.63, 3.8) is 0 Å². The number of rotatable bonds is 5. The van der Waals surface area contributed by atoms with Gasteiger partial charge in [-0.3, -0.25) is 4.79 Å². The first-order chi connectivity index (χ1) is 8.97. The molecule has 0 fully saturated rings. The molecule has 0 aliphatic rings. The molecule has 0 unspecified atom stereocenters. The van der Waals surface area contributed by atoms with Gasteiger partial charge in [-0.2, -0.15) is 0 Å². The van der Waals surface area contributed by atoms with E-state index in [0.717, 1.165) is 0 Å². The molecule has 1 rings (SSSR count). The molecule has 0 aromatic heterocycles. The van der Waals surface area contributed by atoms with Crippen LogP contribution >= 0.6 is 0 Å². The average Bonchev–Trinajstić information content (AvgIpc) is 2.39. The molecule has 3 N–H and O–H groups in total. The smallest absolute Gasteiger partial charge is 0.340 e. The lowest BCUT2D eigenvalue weighted by Gasteiger charge is -2.13. The van der Waals surface area contributed by atoms with Crippen molar-refractivity contribution in [2.24, 2.45) is 0 Å². The highest BCUT2D eigenvalue weighted by molar-refractivity contribution is 5.98. The van der Waals surface area contributed by atoms with Crippen molar-refractivity contribution in [3.05, 3.63) is 23.8 Å². The molecule has 0 heterocycles. The Morgan fingerprint density at radius 3 is 2.63 bits per heavy atom. The predicted molar refractivity (Wildman–Crippen MR) is 74.0 cm³/mol. The standard InChI is InChI=1S/C13H19N3O3/c1-16(2)11(17)7-8-15-10-6-4-5-9(12(10)14)13(18)19-3/h4-6,15H,7-8,14H2,1-3H3. The minimum Gasteiger partial charge on any atom is -0.465 e. The summed E-state index contributed by atoms with van der Waals surface area (Å²) in [7, 11) is 4.71. The van der Waals surface area contributed by atoms with Crippen molar-refractivity contribution < 1.29 is 14.3 Å². The zero-order valence-corrected chi connectivity index (χ0v) is 11.4. The van der Waals surface area contributed by atoms with E-state index in [0.29, 0.717) is 29.9 Å². The minimum atomic E-state index is -0.481. The summed E-state index contributed by atoms with van der Waals surface area (Å²) < 4.78 is 4.64. The summed E-state index contributed by atoms with van der Waals surface area (Å²) >= 11 is 0. The average molecular weight is 265 g/mol. The number of ether oxygens (including phenoxy) is 1. The number of carbonyl (C=O) groups is 2. The highest BCUT2D eigenvalue weighted by Gasteiger charge is 2.12. The van der Waals surface area contributed by atoms with E-state index in [2.05, 4.69) is 10.1 Å². The molecule has 0 bridgehead atoms. The molecule has 6 nitrogen and oxygen atoms in total. The Labute approximate surface area is 112 Å². The molecule has 0 saturated heterocycles. The van der Waals surface area contributed by atoms with Gasteiger partial charge in [0.2, 0.25) is 5.91 Å². The summed E-state index contributed by atoms with van der Waals surface area (Å²) in [4.78, 5) is 24.4. The minimum absolute atomic E-state index is 0.0233. The van der Waals surface area contributed by atoms with Crippen LogP contribution in [0.15, 0.2) is 18.2 Å². The van der Waals surface area contributed by atoms with Crippen LogP contribution in [0.3, 0.4) is 0 Å². The van der Waals surface area contributed by atoms with E-state index >= 15 is 0 Å². The van der Waals surface area contributed by atoms with Gasteiger partial charge in [0.15, 0.2) is 0 Å². The molecule has 1 amide bonds. The molecule has 0 atom stereocenters. The van der Waals surface area contributed by atoms with Gasteiger partial charge in [-0.15, -0.1) is 0 Å². The fourth-order valence-electron chi connectivity index (χ4n) is 1.54. The molecular formula is C13H19N3O3. The fraction of sp³-hybridized carbons (Fsp3) is 0.385. The lowest BCUT2D eigenvalue weighted by atomic mass is 10.1. The lowest BCUT2D eigenvalue weighted by Crippen LogP contribution is -2.24. The van der Waals surface area contributed by atoms with Gasteiger partial charge in [-0.1, -0.05) is 6.07 Å². The Morgan fingerprint density at radius 1 is 1.37 bits per heavy atom. The number of carbonyl (C=O) groups excluding carboxylic acids is 2. The Hall–Kier alpha value is -2.24. The first kappa shape index (κ1) is 14.8. The van der Waals surface area contributed by atoms with Crippen LogP contribution in [0.2, 0.25) is 0 Å². The van der Waals surface area contributed by atoms with Crippen molar-refractivity contribution in [2.75, 3.05) is 38.8 Å². The van der Waals surface area contributed by atoms with Gasteiger partial charge >= 0.3 is 5.97 Å². The monoisotopic (exact) mass is 265 g/mol. The summed E-state index contributed by atoms with van der Waals surface area (Å²) in [5.41, 5.74) is 7.13. The third-order valence-corrected chi connectivity index (χ3v) is 2.66. The molecule has 1 aromatic carbocycles. The van der Waals surface area contributed by atoms with Gasteiger partial charge in [0, 0.05) is 27.1 Å². The Balaban J connectivity index is 2.69. The third kappa shape index (κ3) is 3.87. The summed E-state index contributed by atoms with van der Waals surface area (Å²) in [6.45, 7) is 0.450. The van der Waals surface area contributed by atoms with E-state index in [1.165, 1.54) is 12.0 Å². The normalized spacial score (nSPS) is 9.84. The van der Waals surface area contributed by atoms with Crippen LogP contribution in [0.1, 0.15) is 16.8 Å². The van der Waals surface area contributed by atoms with Crippen LogP contribution < -0.4 is 11.1 Å². The number of nitrogens with two attached hydrogens (primary N) is 1. The van der Waals surface area contributed by atoms with Gasteiger partial charge in [-0.05, 0) is 12.1 Å². The van der Waals surface area contributed by atoms with E-state index in [-0.39, 0.29) is 5.91 Å². The van der Waals surface area contributed by atoms with Crippen LogP contribution in [0.4, 0.5) is 11.4 Å². The Kier molecular flexibility index (Phi) is 5.17. The van der Waals surface area contributed by atoms with Crippen LogP contribution in [0, 0.1) is 0 Å². The number of para-hydroxylation sites is 1. The molecular weight excluding hydrogens is 246 g/mol. The van der Waals surface area contributed by atoms with Crippen LogP contribution in [-0.2, 0) is 9.53 Å². The van der Waals surface area contributed by atoms with Crippen molar-refractivity contribution in [1.29, 1.82) is 0 Å². The van der Waals surface area contributed by atoms with Gasteiger partial charge < -0.3 is 20.7 Å².